The SMILES string of the molecule is Cc1nnc2c(NCC(N)CC(C)C)nccn12. The Balaban J connectivity index is 2.08. The van der Waals surface area contributed by atoms with Crippen LogP contribution in [0.1, 0.15) is 26.1 Å². The van der Waals surface area contributed by atoms with E-state index in [1.54, 1.807) is 6.20 Å². The molecular formula is C12H20N6. The zero-order valence-electron chi connectivity index (χ0n) is 11.1. The van der Waals surface area contributed by atoms with E-state index in [0.717, 1.165) is 23.7 Å². The summed E-state index contributed by atoms with van der Waals surface area (Å²) in [6.07, 6.45) is 4.57. The van der Waals surface area contributed by atoms with Crippen LogP contribution in [0.25, 0.3) is 5.65 Å². The number of aryl methyl sites for hydroxylation is 1. The molecule has 0 saturated carbocycles. The summed E-state index contributed by atoms with van der Waals surface area (Å²) in [5.41, 5.74) is 6.78. The Morgan fingerprint density at radius 1 is 1.39 bits per heavy atom. The Labute approximate surface area is 107 Å². The zero-order chi connectivity index (χ0) is 13.1. The molecule has 0 aliphatic rings. The number of anilines is 1. The van der Waals surface area contributed by atoms with Crippen molar-refractivity contribution in [1.29, 1.82) is 0 Å². The largest absolute Gasteiger partial charge is 0.365 e. The van der Waals surface area contributed by atoms with E-state index in [2.05, 4.69) is 34.3 Å². The lowest BCUT2D eigenvalue weighted by atomic mass is 10.0. The summed E-state index contributed by atoms with van der Waals surface area (Å²) >= 11 is 0. The smallest absolute Gasteiger partial charge is 0.203 e. The van der Waals surface area contributed by atoms with Gasteiger partial charge in [-0.05, 0) is 19.3 Å². The monoisotopic (exact) mass is 248 g/mol. The van der Waals surface area contributed by atoms with Crippen LogP contribution in [-0.2, 0) is 0 Å². The fraction of sp³-hybridized carbons (Fsp3) is 0.583. The fourth-order valence-corrected chi connectivity index (χ4v) is 1.98. The highest BCUT2D eigenvalue weighted by Gasteiger charge is 2.10. The minimum atomic E-state index is 0.121. The molecule has 0 radical (unpaired) electrons. The summed E-state index contributed by atoms with van der Waals surface area (Å²) in [6.45, 7) is 6.94. The van der Waals surface area contributed by atoms with Crippen molar-refractivity contribution in [3.05, 3.63) is 18.2 Å². The molecule has 0 saturated heterocycles. The van der Waals surface area contributed by atoms with Gasteiger partial charge in [-0.3, -0.25) is 4.40 Å². The molecule has 3 N–H and O–H groups in total. The number of hydrogen-bond donors (Lipinski definition) is 2. The van der Waals surface area contributed by atoms with E-state index in [1.807, 2.05) is 17.5 Å². The molecule has 0 bridgehead atoms. The number of nitrogens with zero attached hydrogens (tertiary/aromatic N) is 4. The highest BCUT2D eigenvalue weighted by Crippen LogP contribution is 2.12. The first kappa shape index (κ1) is 12.8. The first-order valence-corrected chi connectivity index (χ1v) is 6.23. The number of aromatic nitrogens is 4. The molecule has 2 heterocycles. The molecular weight excluding hydrogens is 228 g/mol. The normalized spacial score (nSPS) is 13.2. The van der Waals surface area contributed by atoms with Crippen LogP contribution in [0.4, 0.5) is 5.82 Å². The van der Waals surface area contributed by atoms with Crippen LogP contribution in [0.5, 0.6) is 0 Å². The van der Waals surface area contributed by atoms with Crippen LogP contribution in [-0.4, -0.2) is 32.2 Å². The fourth-order valence-electron chi connectivity index (χ4n) is 1.98. The van der Waals surface area contributed by atoms with E-state index < -0.39 is 0 Å². The number of hydrogen-bond acceptors (Lipinski definition) is 5. The van der Waals surface area contributed by atoms with Crippen molar-refractivity contribution in [3.63, 3.8) is 0 Å². The second-order valence-electron chi connectivity index (χ2n) is 4.99. The molecule has 0 aliphatic carbocycles. The van der Waals surface area contributed by atoms with E-state index in [0.29, 0.717) is 12.5 Å². The molecule has 6 nitrogen and oxygen atoms in total. The molecule has 2 aromatic heterocycles. The molecule has 2 rings (SSSR count). The van der Waals surface area contributed by atoms with E-state index in [1.165, 1.54) is 0 Å². The predicted octanol–water partition coefficient (Wildman–Crippen LogP) is 1.22. The Morgan fingerprint density at radius 3 is 2.89 bits per heavy atom. The van der Waals surface area contributed by atoms with Crippen LogP contribution >= 0.6 is 0 Å². The molecule has 18 heavy (non-hydrogen) atoms. The second-order valence-corrected chi connectivity index (χ2v) is 4.99. The first-order valence-electron chi connectivity index (χ1n) is 6.23. The molecule has 6 heteroatoms. The lowest BCUT2D eigenvalue weighted by Crippen LogP contribution is -2.30. The van der Waals surface area contributed by atoms with Gasteiger partial charge in [-0.15, -0.1) is 10.2 Å². The van der Waals surface area contributed by atoms with E-state index in [4.69, 9.17) is 5.73 Å². The number of fused-ring (bicyclic) bond motifs is 1. The van der Waals surface area contributed by atoms with Gasteiger partial charge >= 0.3 is 0 Å². The van der Waals surface area contributed by atoms with Crippen LogP contribution in [0.2, 0.25) is 0 Å². The van der Waals surface area contributed by atoms with Gasteiger partial charge in [0.1, 0.15) is 5.82 Å². The number of rotatable bonds is 5. The maximum absolute atomic E-state index is 6.04. The molecule has 0 spiro atoms. The van der Waals surface area contributed by atoms with Crippen molar-refractivity contribution >= 4 is 11.5 Å². The maximum atomic E-state index is 6.04. The maximum Gasteiger partial charge on any atom is 0.203 e. The summed E-state index contributed by atoms with van der Waals surface area (Å²) in [4.78, 5) is 4.28. The van der Waals surface area contributed by atoms with Crippen molar-refractivity contribution in [2.75, 3.05) is 11.9 Å². The quantitative estimate of drug-likeness (QED) is 0.831. The van der Waals surface area contributed by atoms with E-state index >= 15 is 0 Å². The van der Waals surface area contributed by atoms with Gasteiger partial charge < -0.3 is 11.1 Å². The molecule has 0 aliphatic heterocycles. The third kappa shape index (κ3) is 2.76. The summed E-state index contributed by atoms with van der Waals surface area (Å²) < 4.78 is 1.91. The summed E-state index contributed by atoms with van der Waals surface area (Å²) in [6, 6.07) is 0.121. The summed E-state index contributed by atoms with van der Waals surface area (Å²) in [5, 5.41) is 11.4. The van der Waals surface area contributed by atoms with Gasteiger partial charge in [0.2, 0.25) is 5.65 Å². The average Bonchev–Trinajstić information content (AvgIpc) is 2.68. The Morgan fingerprint density at radius 2 is 2.17 bits per heavy atom. The minimum absolute atomic E-state index is 0.121. The lowest BCUT2D eigenvalue weighted by molar-refractivity contribution is 0.508. The van der Waals surface area contributed by atoms with Gasteiger partial charge in [-0.25, -0.2) is 4.98 Å². The Kier molecular flexibility index (Phi) is 3.76. The molecule has 1 atom stereocenters. The van der Waals surface area contributed by atoms with Crippen LogP contribution in [0, 0.1) is 12.8 Å². The minimum Gasteiger partial charge on any atom is -0.365 e. The molecule has 98 valence electrons. The number of nitrogens with two attached hydrogens (primary N) is 1. The highest BCUT2D eigenvalue weighted by molar-refractivity contribution is 5.61. The second kappa shape index (κ2) is 5.30. The van der Waals surface area contributed by atoms with Gasteiger partial charge in [0.15, 0.2) is 5.82 Å². The van der Waals surface area contributed by atoms with Gasteiger partial charge in [0.05, 0.1) is 0 Å². The van der Waals surface area contributed by atoms with Crippen molar-refractivity contribution < 1.29 is 0 Å². The molecule has 2 aromatic rings. The Hall–Kier alpha value is -1.69. The predicted molar refractivity (Wildman–Crippen MR) is 71.4 cm³/mol. The van der Waals surface area contributed by atoms with Gasteiger partial charge in [-0.2, -0.15) is 0 Å². The average molecular weight is 248 g/mol. The highest BCUT2D eigenvalue weighted by atomic mass is 15.3. The van der Waals surface area contributed by atoms with Gasteiger partial charge in [0.25, 0.3) is 0 Å². The third-order valence-corrected chi connectivity index (χ3v) is 2.80. The molecule has 0 aromatic carbocycles. The van der Waals surface area contributed by atoms with Crippen LogP contribution in [0.15, 0.2) is 12.4 Å². The zero-order valence-corrected chi connectivity index (χ0v) is 11.1. The van der Waals surface area contributed by atoms with Crippen molar-refractivity contribution in [3.8, 4) is 0 Å². The summed E-state index contributed by atoms with van der Waals surface area (Å²) in [5.74, 6) is 2.18. The van der Waals surface area contributed by atoms with Gasteiger partial charge in [0, 0.05) is 25.0 Å². The molecule has 0 amide bonds. The topological polar surface area (TPSA) is 81.1 Å². The standard InChI is InChI=1S/C12H20N6/c1-8(2)6-10(13)7-15-11-12-17-16-9(3)18(12)5-4-14-11/h4-5,8,10H,6-7,13H2,1-3H3,(H,14,15). The molecule has 0 fully saturated rings. The van der Waals surface area contributed by atoms with Crippen molar-refractivity contribution in [1.82, 2.24) is 19.6 Å². The number of nitrogens with one attached hydrogen (secondary N) is 1. The van der Waals surface area contributed by atoms with E-state index in [-0.39, 0.29) is 6.04 Å². The summed E-state index contributed by atoms with van der Waals surface area (Å²) in [7, 11) is 0. The van der Waals surface area contributed by atoms with Crippen molar-refractivity contribution in [2.45, 2.75) is 33.2 Å². The van der Waals surface area contributed by atoms with E-state index in [9.17, 15) is 0 Å². The molecule has 1 unspecified atom stereocenters. The van der Waals surface area contributed by atoms with Gasteiger partial charge in [-0.1, -0.05) is 13.8 Å². The Bertz CT molecular complexity index is 518. The van der Waals surface area contributed by atoms with Crippen molar-refractivity contribution in [2.24, 2.45) is 11.7 Å². The lowest BCUT2D eigenvalue weighted by Gasteiger charge is -2.15. The first-order chi connectivity index (χ1) is 8.58. The van der Waals surface area contributed by atoms with Crippen LogP contribution in [0.3, 0.4) is 0 Å². The third-order valence-electron chi connectivity index (χ3n) is 2.80. The van der Waals surface area contributed by atoms with Crippen LogP contribution < -0.4 is 11.1 Å².